The molecule has 1 aliphatic heterocycles. The summed E-state index contributed by atoms with van der Waals surface area (Å²) < 4.78 is 9.90. The molecule has 5 nitrogen and oxygen atoms in total. The zero-order chi connectivity index (χ0) is 17.1. The highest BCUT2D eigenvalue weighted by Crippen LogP contribution is 2.20. The Bertz CT molecular complexity index is 737. The number of aryl methyl sites for hydroxylation is 1. The summed E-state index contributed by atoms with van der Waals surface area (Å²) in [5.41, 5.74) is 4.35. The quantitative estimate of drug-likeness (QED) is 0.877. The summed E-state index contributed by atoms with van der Waals surface area (Å²) in [5.74, 6) is -0.429. The van der Waals surface area contributed by atoms with Gasteiger partial charge in [0.15, 0.2) is 6.04 Å². The molecule has 24 heavy (non-hydrogen) atoms. The first-order chi connectivity index (χ1) is 11.5. The van der Waals surface area contributed by atoms with Gasteiger partial charge in [0.05, 0.1) is 0 Å². The van der Waals surface area contributed by atoms with Crippen LogP contribution in [0.3, 0.4) is 0 Å². The summed E-state index contributed by atoms with van der Waals surface area (Å²) in [7, 11) is 0. The van der Waals surface area contributed by atoms with Crippen molar-refractivity contribution < 1.29 is 19.1 Å². The Balaban J connectivity index is 1.53. The number of amides is 1. The maximum Gasteiger partial charge on any atom is 0.408 e. The summed E-state index contributed by atoms with van der Waals surface area (Å²) >= 11 is 0. The number of carbonyl (C=O) groups excluding carboxylic acids is 2. The smallest absolute Gasteiger partial charge is 0.408 e. The van der Waals surface area contributed by atoms with Crippen LogP contribution in [-0.4, -0.2) is 24.2 Å². The molecule has 1 N–H and O–H groups in total. The predicted molar refractivity (Wildman–Crippen MR) is 89.3 cm³/mol. The number of benzene rings is 2. The minimum Gasteiger partial charge on any atom is -0.458 e. The van der Waals surface area contributed by atoms with E-state index in [1.807, 2.05) is 24.3 Å². The summed E-state index contributed by atoms with van der Waals surface area (Å²) in [6.07, 6.45) is -0.926. The number of alkyl carbamates (subject to hydrolysis) is 1. The van der Waals surface area contributed by atoms with Crippen LogP contribution < -0.4 is 5.32 Å². The number of cyclic esters (lactones) is 1. The van der Waals surface area contributed by atoms with Crippen molar-refractivity contribution in [2.24, 2.45) is 0 Å². The highest BCUT2D eigenvalue weighted by Gasteiger charge is 2.40. The molecule has 1 amide bonds. The zero-order valence-corrected chi connectivity index (χ0v) is 13.6. The van der Waals surface area contributed by atoms with E-state index in [0.29, 0.717) is 0 Å². The normalized spacial score (nSPS) is 19.2. The van der Waals surface area contributed by atoms with E-state index in [1.165, 1.54) is 5.56 Å². The van der Waals surface area contributed by atoms with Crippen LogP contribution >= 0.6 is 0 Å². The summed E-state index contributed by atoms with van der Waals surface area (Å²) in [6.45, 7) is 3.92. The van der Waals surface area contributed by atoms with Crippen LogP contribution in [0, 0.1) is 6.92 Å². The van der Waals surface area contributed by atoms with E-state index in [4.69, 9.17) is 9.47 Å². The Labute approximate surface area is 140 Å². The molecule has 0 spiro atoms. The summed E-state index contributed by atoms with van der Waals surface area (Å²) in [6, 6.07) is 15.5. The first-order valence-electron chi connectivity index (χ1n) is 7.83. The third-order valence-electron chi connectivity index (χ3n) is 4.01. The van der Waals surface area contributed by atoms with E-state index in [1.54, 1.807) is 6.92 Å². The molecule has 0 radical (unpaired) electrons. The highest BCUT2D eigenvalue weighted by atomic mass is 16.6. The Kier molecular flexibility index (Phi) is 4.51. The number of rotatable bonds is 4. The molecule has 0 bridgehead atoms. The van der Waals surface area contributed by atoms with Crippen molar-refractivity contribution in [3.05, 3.63) is 59.7 Å². The first kappa shape index (κ1) is 16.1. The molecule has 124 valence electrons. The predicted octanol–water partition coefficient (Wildman–Crippen LogP) is 3.20. The van der Waals surface area contributed by atoms with Crippen LogP contribution in [0.15, 0.2) is 48.5 Å². The van der Waals surface area contributed by atoms with E-state index in [-0.39, 0.29) is 12.7 Å². The summed E-state index contributed by atoms with van der Waals surface area (Å²) in [4.78, 5) is 22.8. The Morgan fingerprint density at radius 1 is 1.08 bits per heavy atom. The molecule has 0 unspecified atom stereocenters. The number of esters is 1. The number of ether oxygens (including phenoxy) is 2. The maximum atomic E-state index is 11.7. The molecule has 1 saturated heterocycles. The van der Waals surface area contributed by atoms with E-state index in [0.717, 1.165) is 16.7 Å². The molecular weight excluding hydrogens is 306 g/mol. The van der Waals surface area contributed by atoms with E-state index in [9.17, 15) is 9.59 Å². The van der Waals surface area contributed by atoms with Gasteiger partial charge in [0.25, 0.3) is 0 Å². The van der Waals surface area contributed by atoms with Gasteiger partial charge in [0.2, 0.25) is 0 Å². The number of hydrogen-bond donors (Lipinski definition) is 1. The van der Waals surface area contributed by atoms with Crippen molar-refractivity contribution in [1.29, 1.82) is 0 Å². The third kappa shape index (κ3) is 3.56. The molecular formula is C19H19NO4. The number of carbonyl (C=O) groups is 2. The molecule has 3 rings (SSSR count). The minimum atomic E-state index is -0.619. The lowest BCUT2D eigenvalue weighted by molar-refractivity contribution is -0.174. The SMILES string of the molecule is Cc1ccc(-c2ccc(COC(=O)N[C@H]3C(=O)O[C@H]3C)cc2)cc1. The molecule has 1 heterocycles. The molecule has 1 fully saturated rings. The lowest BCUT2D eigenvalue weighted by Crippen LogP contribution is -2.58. The molecule has 1 aliphatic rings. The molecule has 0 aromatic heterocycles. The van der Waals surface area contributed by atoms with Gasteiger partial charge in [-0.2, -0.15) is 0 Å². The lowest BCUT2D eigenvalue weighted by atomic mass is 10.0. The van der Waals surface area contributed by atoms with Gasteiger partial charge in [-0.1, -0.05) is 54.1 Å². The van der Waals surface area contributed by atoms with Crippen LogP contribution in [0.4, 0.5) is 4.79 Å². The Hall–Kier alpha value is -2.82. The van der Waals surface area contributed by atoms with Gasteiger partial charge in [-0.15, -0.1) is 0 Å². The van der Waals surface area contributed by atoms with Gasteiger partial charge in [-0.25, -0.2) is 9.59 Å². The average Bonchev–Trinajstić information content (AvgIpc) is 2.59. The van der Waals surface area contributed by atoms with Crippen molar-refractivity contribution in [2.75, 3.05) is 0 Å². The Morgan fingerprint density at radius 3 is 2.21 bits per heavy atom. The van der Waals surface area contributed by atoms with Crippen LogP contribution in [-0.2, 0) is 20.9 Å². The molecule has 5 heteroatoms. The van der Waals surface area contributed by atoms with Crippen molar-refractivity contribution in [2.45, 2.75) is 32.6 Å². The topological polar surface area (TPSA) is 64.6 Å². The summed E-state index contributed by atoms with van der Waals surface area (Å²) in [5, 5.41) is 2.49. The van der Waals surface area contributed by atoms with Crippen molar-refractivity contribution >= 4 is 12.1 Å². The minimum absolute atomic E-state index is 0.149. The highest BCUT2D eigenvalue weighted by molar-refractivity contribution is 5.86. The van der Waals surface area contributed by atoms with Crippen LogP contribution in [0.2, 0.25) is 0 Å². The molecule has 0 saturated carbocycles. The number of nitrogens with one attached hydrogen (secondary N) is 1. The standard InChI is InChI=1S/C19H19NO4/c1-12-3-7-15(8-4-12)16-9-5-14(6-10-16)11-23-19(22)20-17-13(2)24-18(17)21/h3-10,13,17H,11H2,1-2H3,(H,20,22)/t13-,17+/m0/s1. The van der Waals surface area contributed by atoms with Gasteiger partial charge in [0, 0.05) is 0 Å². The second-order valence-corrected chi connectivity index (χ2v) is 5.90. The van der Waals surface area contributed by atoms with Crippen molar-refractivity contribution in [1.82, 2.24) is 5.32 Å². The largest absolute Gasteiger partial charge is 0.458 e. The van der Waals surface area contributed by atoms with Gasteiger partial charge >= 0.3 is 12.1 Å². The fraction of sp³-hybridized carbons (Fsp3) is 0.263. The van der Waals surface area contributed by atoms with Gasteiger partial charge < -0.3 is 14.8 Å². The first-order valence-corrected chi connectivity index (χ1v) is 7.83. The van der Waals surface area contributed by atoms with Crippen LogP contribution in [0.25, 0.3) is 11.1 Å². The van der Waals surface area contributed by atoms with E-state index in [2.05, 4.69) is 36.5 Å². The molecule has 2 aromatic carbocycles. The monoisotopic (exact) mass is 325 g/mol. The van der Waals surface area contributed by atoms with Crippen molar-refractivity contribution in [3.8, 4) is 11.1 Å². The molecule has 2 atom stereocenters. The molecule has 2 aromatic rings. The second-order valence-electron chi connectivity index (χ2n) is 5.90. The Morgan fingerprint density at radius 2 is 1.67 bits per heavy atom. The van der Waals surface area contributed by atoms with Crippen molar-refractivity contribution in [3.63, 3.8) is 0 Å². The second kappa shape index (κ2) is 6.74. The fourth-order valence-electron chi connectivity index (χ4n) is 2.48. The fourth-order valence-corrected chi connectivity index (χ4v) is 2.48. The van der Waals surface area contributed by atoms with Crippen LogP contribution in [0.5, 0.6) is 0 Å². The van der Waals surface area contributed by atoms with Gasteiger partial charge in [0.1, 0.15) is 12.7 Å². The average molecular weight is 325 g/mol. The number of hydrogen-bond acceptors (Lipinski definition) is 4. The van der Waals surface area contributed by atoms with Crippen LogP contribution in [0.1, 0.15) is 18.1 Å². The molecule has 0 aliphatic carbocycles. The van der Waals surface area contributed by atoms with E-state index >= 15 is 0 Å². The lowest BCUT2D eigenvalue weighted by Gasteiger charge is -2.32. The van der Waals surface area contributed by atoms with Gasteiger partial charge in [-0.3, -0.25) is 0 Å². The zero-order valence-electron chi connectivity index (χ0n) is 13.6. The maximum absolute atomic E-state index is 11.7. The van der Waals surface area contributed by atoms with Gasteiger partial charge in [-0.05, 0) is 30.5 Å². The third-order valence-corrected chi connectivity index (χ3v) is 4.01. The van der Waals surface area contributed by atoms with E-state index < -0.39 is 18.1 Å².